The van der Waals surface area contributed by atoms with Crippen molar-refractivity contribution in [2.75, 3.05) is 0 Å². The maximum atomic E-state index is 2.50. The molecule has 2 aromatic heterocycles. The van der Waals surface area contributed by atoms with E-state index in [1.54, 1.807) is 0 Å². The molecule has 37 heavy (non-hydrogen) atoms. The molecule has 0 aliphatic heterocycles. The van der Waals surface area contributed by atoms with Crippen molar-refractivity contribution in [3.63, 3.8) is 0 Å². The summed E-state index contributed by atoms with van der Waals surface area (Å²) in [6.45, 7) is 4.73. The van der Waals surface area contributed by atoms with Crippen LogP contribution in [0.25, 0.3) is 55.2 Å². The van der Waals surface area contributed by atoms with Crippen LogP contribution in [-0.2, 0) is 5.41 Å². The maximum absolute atomic E-state index is 2.50. The van der Waals surface area contributed by atoms with E-state index >= 15 is 0 Å². The van der Waals surface area contributed by atoms with E-state index in [9.17, 15) is 0 Å². The van der Waals surface area contributed by atoms with Crippen LogP contribution in [0.4, 0.5) is 0 Å². The zero-order valence-corrected chi connectivity index (χ0v) is 20.9. The number of hydrogen-bond acceptors (Lipinski definition) is 0. The van der Waals surface area contributed by atoms with E-state index in [2.05, 4.69) is 144 Å². The Bertz CT molecular complexity index is 1960. The van der Waals surface area contributed by atoms with E-state index in [1.165, 1.54) is 66.5 Å². The third kappa shape index (κ3) is 2.65. The van der Waals surface area contributed by atoms with E-state index in [-0.39, 0.29) is 5.41 Å². The summed E-state index contributed by atoms with van der Waals surface area (Å²) in [5.41, 5.74) is 11.5. The highest BCUT2D eigenvalue weighted by atomic mass is 15.0. The van der Waals surface area contributed by atoms with Crippen molar-refractivity contribution in [3.05, 3.63) is 133 Å². The van der Waals surface area contributed by atoms with Crippen molar-refractivity contribution >= 4 is 32.7 Å². The average molecular weight is 475 g/mol. The molecule has 2 heteroatoms. The van der Waals surface area contributed by atoms with E-state index in [0.29, 0.717) is 0 Å². The average Bonchev–Trinajstić information content (AvgIpc) is 3.54. The molecule has 0 fully saturated rings. The predicted molar refractivity (Wildman–Crippen MR) is 155 cm³/mol. The van der Waals surface area contributed by atoms with Gasteiger partial charge in [0.1, 0.15) is 0 Å². The molecule has 8 rings (SSSR count). The van der Waals surface area contributed by atoms with Gasteiger partial charge in [0.25, 0.3) is 0 Å². The first-order chi connectivity index (χ1) is 18.1. The minimum Gasteiger partial charge on any atom is -0.312 e. The lowest BCUT2D eigenvalue weighted by Gasteiger charge is -2.25. The zero-order valence-electron chi connectivity index (χ0n) is 20.9. The first-order valence-corrected chi connectivity index (χ1v) is 13.0. The van der Waals surface area contributed by atoms with Gasteiger partial charge in [-0.15, -0.1) is 0 Å². The fourth-order valence-electron chi connectivity index (χ4n) is 6.72. The quantitative estimate of drug-likeness (QED) is 0.236. The van der Waals surface area contributed by atoms with Crippen LogP contribution in [0.5, 0.6) is 0 Å². The Morgan fingerprint density at radius 2 is 1.00 bits per heavy atom. The molecule has 0 saturated heterocycles. The number of nitrogens with zero attached hydrogens (tertiary/aromatic N) is 2. The number of benzene rings is 5. The fourth-order valence-corrected chi connectivity index (χ4v) is 6.72. The second-order valence-corrected chi connectivity index (χ2v) is 10.6. The van der Waals surface area contributed by atoms with Crippen molar-refractivity contribution in [2.45, 2.75) is 19.3 Å². The Morgan fingerprint density at radius 3 is 1.68 bits per heavy atom. The van der Waals surface area contributed by atoms with Crippen LogP contribution in [-0.4, -0.2) is 9.13 Å². The maximum Gasteiger partial charge on any atom is 0.0541 e. The Hall–Kier alpha value is -4.56. The van der Waals surface area contributed by atoms with Gasteiger partial charge >= 0.3 is 0 Å². The van der Waals surface area contributed by atoms with Crippen LogP contribution in [0.15, 0.2) is 121 Å². The molecule has 0 spiro atoms. The lowest BCUT2D eigenvalue weighted by Crippen LogP contribution is -2.19. The van der Waals surface area contributed by atoms with Gasteiger partial charge in [0, 0.05) is 44.2 Å². The first kappa shape index (κ1) is 20.6. The summed E-state index contributed by atoms with van der Waals surface area (Å²) in [6.07, 6.45) is 0. The number of hydrogen-bond donors (Lipinski definition) is 0. The third-order valence-electron chi connectivity index (χ3n) is 8.26. The number of rotatable bonds is 2. The van der Waals surface area contributed by atoms with Crippen molar-refractivity contribution in [3.8, 4) is 22.5 Å². The molecule has 5 aromatic carbocycles. The van der Waals surface area contributed by atoms with Gasteiger partial charge in [-0.2, -0.15) is 0 Å². The summed E-state index contributed by atoms with van der Waals surface area (Å²) in [7, 11) is 0. The molecule has 1 aliphatic rings. The van der Waals surface area contributed by atoms with Gasteiger partial charge in [-0.3, -0.25) is 0 Å². The van der Waals surface area contributed by atoms with Gasteiger partial charge in [-0.05, 0) is 47.5 Å². The van der Waals surface area contributed by atoms with Crippen molar-refractivity contribution in [2.24, 2.45) is 0 Å². The summed E-state index contributed by atoms with van der Waals surface area (Å²) in [5.74, 6) is 0. The molecule has 0 radical (unpaired) electrons. The molecule has 1 aliphatic carbocycles. The number of fused-ring (bicyclic) bond motifs is 8. The van der Waals surface area contributed by atoms with Crippen LogP contribution in [0.1, 0.15) is 25.1 Å². The van der Waals surface area contributed by atoms with Crippen LogP contribution in [0, 0.1) is 0 Å². The summed E-state index contributed by atoms with van der Waals surface area (Å²) in [4.78, 5) is 0. The fraction of sp³-hybridized carbons (Fsp3) is 0.0857. The van der Waals surface area contributed by atoms with Crippen LogP contribution in [0.2, 0.25) is 0 Å². The minimum absolute atomic E-state index is 0.103. The predicted octanol–water partition coefficient (Wildman–Crippen LogP) is 9.03. The Morgan fingerprint density at radius 1 is 0.486 bits per heavy atom. The van der Waals surface area contributed by atoms with Gasteiger partial charge < -0.3 is 9.13 Å². The Labute approximate surface area is 216 Å². The van der Waals surface area contributed by atoms with Gasteiger partial charge in [0.2, 0.25) is 0 Å². The highest BCUT2D eigenvalue weighted by Crippen LogP contribution is 2.53. The topological polar surface area (TPSA) is 9.86 Å². The molecular formula is C35H26N2. The monoisotopic (exact) mass is 474 g/mol. The molecule has 2 heterocycles. The van der Waals surface area contributed by atoms with Crippen LogP contribution < -0.4 is 0 Å². The van der Waals surface area contributed by atoms with Gasteiger partial charge in [-0.1, -0.05) is 98.8 Å². The summed E-state index contributed by atoms with van der Waals surface area (Å²) < 4.78 is 4.90. The van der Waals surface area contributed by atoms with Gasteiger partial charge in [-0.25, -0.2) is 0 Å². The number of para-hydroxylation sites is 3. The second-order valence-electron chi connectivity index (χ2n) is 10.6. The zero-order chi connectivity index (χ0) is 24.7. The lowest BCUT2D eigenvalue weighted by molar-refractivity contribution is 0.624. The summed E-state index contributed by atoms with van der Waals surface area (Å²) in [6, 6.07) is 44.2. The van der Waals surface area contributed by atoms with Gasteiger partial charge in [0.15, 0.2) is 0 Å². The van der Waals surface area contributed by atoms with E-state index in [0.717, 1.165) is 0 Å². The van der Waals surface area contributed by atoms with Gasteiger partial charge in [0.05, 0.1) is 16.6 Å². The smallest absolute Gasteiger partial charge is 0.0541 e. The van der Waals surface area contributed by atoms with E-state index < -0.39 is 0 Å². The highest BCUT2D eigenvalue weighted by Gasteiger charge is 2.40. The minimum atomic E-state index is -0.103. The molecule has 7 aromatic rings. The standard InChI is InChI=1S/C35H26N2/c1-35(2)29-18-7-3-16-27(29)33-28-17-6-10-21-32(28)37(34(33)35)24-13-11-12-23(22-24)36-30-19-8-4-14-25(30)26-15-5-9-20-31(26)36/h3-22H,1-2H3. The Kier molecular flexibility index (Phi) is 4.03. The molecule has 0 N–H and O–H groups in total. The van der Waals surface area contributed by atoms with Crippen LogP contribution in [0.3, 0.4) is 0 Å². The molecule has 2 nitrogen and oxygen atoms in total. The third-order valence-corrected chi connectivity index (χ3v) is 8.26. The molecule has 0 amide bonds. The summed E-state index contributed by atoms with van der Waals surface area (Å²) >= 11 is 0. The normalized spacial score (nSPS) is 13.9. The van der Waals surface area contributed by atoms with Crippen molar-refractivity contribution < 1.29 is 0 Å². The number of aromatic nitrogens is 2. The summed E-state index contributed by atoms with van der Waals surface area (Å²) in [5, 5.41) is 3.89. The molecule has 0 atom stereocenters. The molecule has 0 bridgehead atoms. The molecule has 0 unspecified atom stereocenters. The highest BCUT2D eigenvalue weighted by molar-refractivity contribution is 6.09. The van der Waals surface area contributed by atoms with Crippen molar-refractivity contribution in [1.29, 1.82) is 0 Å². The molecule has 0 saturated carbocycles. The van der Waals surface area contributed by atoms with E-state index in [4.69, 9.17) is 0 Å². The van der Waals surface area contributed by atoms with Crippen molar-refractivity contribution in [1.82, 2.24) is 9.13 Å². The largest absolute Gasteiger partial charge is 0.312 e. The SMILES string of the molecule is CC1(C)c2ccccc2-c2c1n(-c1cccc(-n3c4ccccc4c4ccccc43)c1)c1ccccc21. The lowest BCUT2D eigenvalue weighted by atomic mass is 9.85. The second kappa shape index (κ2) is 7.24. The van der Waals surface area contributed by atoms with E-state index in [1.807, 2.05) is 0 Å². The first-order valence-electron chi connectivity index (χ1n) is 13.0. The molecular weight excluding hydrogens is 448 g/mol. The Balaban J connectivity index is 1.45. The molecule has 176 valence electrons. The van der Waals surface area contributed by atoms with Crippen LogP contribution >= 0.6 is 0 Å².